The third kappa shape index (κ3) is 4.28. The Kier molecular flexibility index (Phi) is 6.05. The van der Waals surface area contributed by atoms with E-state index in [0.717, 1.165) is 56.3 Å². The summed E-state index contributed by atoms with van der Waals surface area (Å²) in [7, 11) is 0. The number of fused-ring (bicyclic) bond motifs is 4. The van der Waals surface area contributed by atoms with E-state index in [4.69, 9.17) is 9.15 Å². The fraction of sp³-hybridized carbons (Fsp3) is 0.364. The number of rotatable bonds is 5. The monoisotopic (exact) mass is 551 g/mol. The van der Waals surface area contributed by atoms with Crippen LogP contribution in [0.25, 0.3) is 42.3 Å². The molecule has 0 bridgehead atoms. The largest absolute Gasteiger partial charge is 0.440 e. The average molecular weight is 552 g/mol. The molecule has 0 spiro atoms. The highest BCUT2D eigenvalue weighted by molar-refractivity contribution is 7.26. The van der Waals surface area contributed by atoms with Crippen molar-refractivity contribution in [2.75, 3.05) is 68.8 Å². The molecule has 0 radical (unpaired) electrons. The second kappa shape index (κ2) is 9.91. The van der Waals surface area contributed by atoms with Gasteiger partial charge in [0.15, 0.2) is 11.3 Å². The molecule has 2 saturated heterocycles. The third-order valence-electron chi connectivity index (χ3n) is 8.79. The van der Waals surface area contributed by atoms with Crippen LogP contribution in [0.3, 0.4) is 0 Å². The molecule has 2 aliphatic heterocycles. The van der Waals surface area contributed by atoms with Gasteiger partial charge in [0.25, 0.3) is 0 Å². The Labute approximate surface area is 237 Å². The van der Waals surface area contributed by atoms with Crippen molar-refractivity contribution in [1.29, 1.82) is 0 Å². The lowest BCUT2D eigenvalue weighted by molar-refractivity contribution is 0.121. The summed E-state index contributed by atoms with van der Waals surface area (Å²) in [5.41, 5.74) is 4.08. The van der Waals surface area contributed by atoms with Crippen LogP contribution >= 0.6 is 11.3 Å². The maximum atomic E-state index is 13.3. The Hall–Kier alpha value is -3.39. The fourth-order valence-corrected chi connectivity index (χ4v) is 7.69. The van der Waals surface area contributed by atoms with Gasteiger partial charge in [-0.05, 0) is 37.0 Å². The van der Waals surface area contributed by atoms with Crippen LogP contribution in [0.5, 0.6) is 0 Å². The number of morpholine rings is 1. The van der Waals surface area contributed by atoms with Crippen LogP contribution < -0.4 is 15.2 Å². The summed E-state index contributed by atoms with van der Waals surface area (Å²) in [5, 5.41) is 3.24. The first-order chi connectivity index (χ1) is 19.7. The molecule has 0 unspecified atom stereocenters. The van der Waals surface area contributed by atoms with E-state index in [1.165, 1.54) is 45.2 Å². The molecule has 1 aliphatic carbocycles. The van der Waals surface area contributed by atoms with Crippen LogP contribution in [0, 0.1) is 5.92 Å². The molecule has 3 aromatic carbocycles. The lowest BCUT2D eigenvalue weighted by atomic mass is 9.98. The predicted molar refractivity (Wildman–Crippen MR) is 165 cm³/mol. The van der Waals surface area contributed by atoms with Crippen molar-refractivity contribution in [1.82, 2.24) is 4.90 Å². The second-order valence-electron chi connectivity index (χ2n) is 11.4. The van der Waals surface area contributed by atoms with Gasteiger partial charge in [-0.1, -0.05) is 36.4 Å². The highest BCUT2D eigenvalue weighted by atomic mass is 32.1. The number of benzene rings is 3. The molecule has 4 heterocycles. The van der Waals surface area contributed by atoms with Crippen LogP contribution in [-0.2, 0) is 4.74 Å². The van der Waals surface area contributed by atoms with E-state index in [0.29, 0.717) is 30.1 Å². The maximum absolute atomic E-state index is 13.3. The number of nitrogens with zero attached hydrogens (tertiary/aromatic N) is 3. The van der Waals surface area contributed by atoms with Gasteiger partial charge in [0.1, 0.15) is 5.58 Å². The van der Waals surface area contributed by atoms with Crippen LogP contribution in [0.2, 0.25) is 0 Å². The summed E-state index contributed by atoms with van der Waals surface area (Å²) in [6.45, 7) is 8.35. The highest BCUT2D eigenvalue weighted by Gasteiger charge is 2.28. The van der Waals surface area contributed by atoms with E-state index in [2.05, 4.69) is 57.2 Å². The molecule has 0 N–H and O–H groups in total. The number of para-hydroxylation sites is 1. The number of ether oxygens (including phenoxy) is 1. The first-order valence-corrected chi connectivity index (χ1v) is 15.4. The maximum Gasteiger partial charge on any atom is 0.200 e. The average Bonchev–Trinajstić information content (AvgIpc) is 3.73. The van der Waals surface area contributed by atoms with Gasteiger partial charge < -0.3 is 19.0 Å². The van der Waals surface area contributed by atoms with Gasteiger partial charge in [0, 0.05) is 88.9 Å². The van der Waals surface area contributed by atoms with Crippen LogP contribution in [-0.4, -0.2) is 63.9 Å². The minimum atomic E-state index is -0.00198. The highest BCUT2D eigenvalue weighted by Crippen LogP contribution is 2.46. The molecular weight excluding hydrogens is 518 g/mol. The summed E-state index contributed by atoms with van der Waals surface area (Å²) in [6, 6.07) is 20.9. The van der Waals surface area contributed by atoms with Gasteiger partial charge in [0.05, 0.1) is 18.6 Å². The van der Waals surface area contributed by atoms with Gasteiger partial charge in [-0.3, -0.25) is 9.69 Å². The van der Waals surface area contributed by atoms with Crippen molar-refractivity contribution in [3.63, 3.8) is 0 Å². The summed E-state index contributed by atoms with van der Waals surface area (Å²) >= 11 is 1.84. The van der Waals surface area contributed by atoms with Gasteiger partial charge in [0.2, 0.25) is 0 Å². The Balaban J connectivity index is 1.26. The Bertz CT molecular complexity index is 1780. The SMILES string of the molecule is O=c1cc(N2CCOCC2)oc2c(-c3ccc(N4CCN(CC5CC5)CC4)c4c3sc3ccccc34)cccc12. The van der Waals surface area contributed by atoms with Crippen LogP contribution in [0.15, 0.2) is 69.9 Å². The number of hydrogen-bond donors (Lipinski definition) is 0. The van der Waals surface area contributed by atoms with Crippen molar-refractivity contribution in [2.24, 2.45) is 5.92 Å². The molecule has 40 heavy (non-hydrogen) atoms. The minimum Gasteiger partial charge on any atom is -0.440 e. The molecule has 1 saturated carbocycles. The number of thiophene rings is 1. The smallest absolute Gasteiger partial charge is 0.200 e. The molecule has 2 aromatic heterocycles. The van der Waals surface area contributed by atoms with E-state index in [9.17, 15) is 4.79 Å². The Morgan fingerprint density at radius 3 is 2.42 bits per heavy atom. The second-order valence-corrected chi connectivity index (χ2v) is 12.4. The third-order valence-corrected chi connectivity index (χ3v) is 9.99. The van der Waals surface area contributed by atoms with E-state index >= 15 is 0 Å². The zero-order valence-corrected chi connectivity index (χ0v) is 23.4. The molecule has 204 valence electrons. The van der Waals surface area contributed by atoms with Gasteiger partial charge in [-0.2, -0.15) is 0 Å². The van der Waals surface area contributed by atoms with Gasteiger partial charge >= 0.3 is 0 Å². The zero-order valence-electron chi connectivity index (χ0n) is 22.6. The molecule has 5 aromatic rings. The van der Waals surface area contributed by atoms with Crippen molar-refractivity contribution in [3.8, 4) is 11.1 Å². The first kappa shape index (κ1) is 24.4. The van der Waals surface area contributed by atoms with Crippen molar-refractivity contribution >= 4 is 54.0 Å². The minimum absolute atomic E-state index is 0.00198. The molecule has 6 nitrogen and oxygen atoms in total. The van der Waals surface area contributed by atoms with E-state index in [-0.39, 0.29) is 5.43 Å². The molecule has 0 amide bonds. The van der Waals surface area contributed by atoms with Crippen LogP contribution in [0.4, 0.5) is 11.6 Å². The fourth-order valence-electron chi connectivity index (χ4n) is 6.44. The number of piperazine rings is 1. The van der Waals surface area contributed by atoms with Crippen molar-refractivity contribution < 1.29 is 9.15 Å². The normalized spacial score (nSPS) is 18.8. The molecule has 3 fully saturated rings. The summed E-state index contributed by atoms with van der Waals surface area (Å²) < 4.78 is 14.6. The van der Waals surface area contributed by atoms with Gasteiger partial charge in [-0.25, -0.2) is 0 Å². The van der Waals surface area contributed by atoms with Crippen molar-refractivity contribution in [3.05, 3.63) is 70.9 Å². The standard InChI is InChI=1S/C33H33N3O3S/c37-28-20-30(36-16-18-38-19-17-36)39-32-23(5-3-6-25(28)32)24-10-11-27(31-26-4-1-2-7-29(26)40-33(24)31)35-14-12-34(13-15-35)21-22-8-9-22/h1-7,10-11,20,22H,8-9,12-19,21H2. The summed E-state index contributed by atoms with van der Waals surface area (Å²) in [5.74, 6) is 1.56. The molecule has 8 rings (SSSR count). The summed E-state index contributed by atoms with van der Waals surface area (Å²) in [6.07, 6.45) is 2.82. The lowest BCUT2D eigenvalue weighted by Crippen LogP contribution is -2.47. The van der Waals surface area contributed by atoms with E-state index in [1.807, 2.05) is 23.5 Å². The molecule has 0 atom stereocenters. The Morgan fingerprint density at radius 1 is 0.800 bits per heavy atom. The molecule has 7 heteroatoms. The van der Waals surface area contributed by atoms with Gasteiger partial charge in [-0.15, -0.1) is 11.3 Å². The zero-order chi connectivity index (χ0) is 26.6. The predicted octanol–water partition coefficient (Wildman–Crippen LogP) is 6.20. The van der Waals surface area contributed by atoms with Crippen LogP contribution in [0.1, 0.15) is 12.8 Å². The summed E-state index contributed by atoms with van der Waals surface area (Å²) in [4.78, 5) is 20.6. The Morgan fingerprint density at radius 2 is 1.60 bits per heavy atom. The topological polar surface area (TPSA) is 49.2 Å². The molecule has 3 aliphatic rings. The number of anilines is 2. The van der Waals surface area contributed by atoms with E-state index in [1.54, 1.807) is 6.07 Å². The quantitative estimate of drug-likeness (QED) is 0.259. The molecular formula is C33H33N3O3S. The first-order valence-electron chi connectivity index (χ1n) is 14.5. The van der Waals surface area contributed by atoms with Crippen molar-refractivity contribution in [2.45, 2.75) is 12.8 Å². The lowest BCUT2D eigenvalue weighted by Gasteiger charge is -2.36. The van der Waals surface area contributed by atoms with E-state index < -0.39 is 0 Å². The number of hydrogen-bond acceptors (Lipinski definition) is 7.